The normalized spacial score (nSPS) is 20.0. The lowest BCUT2D eigenvalue weighted by atomic mass is 9.94. The number of aromatic nitrogens is 1. The van der Waals surface area contributed by atoms with Gasteiger partial charge < -0.3 is 30.3 Å². The summed E-state index contributed by atoms with van der Waals surface area (Å²) < 4.78 is 26.1. The molecule has 1 aromatic heterocycles. The molecule has 41 heavy (non-hydrogen) atoms. The van der Waals surface area contributed by atoms with Crippen LogP contribution in [0.3, 0.4) is 0 Å². The summed E-state index contributed by atoms with van der Waals surface area (Å²) in [4.78, 5) is 44.1. The molecule has 2 aliphatic rings. The van der Waals surface area contributed by atoms with Crippen molar-refractivity contribution >= 4 is 29.2 Å². The van der Waals surface area contributed by atoms with Crippen molar-refractivity contribution in [1.82, 2.24) is 15.2 Å². The molecule has 11 heteroatoms. The Morgan fingerprint density at radius 1 is 1.07 bits per heavy atom. The lowest BCUT2D eigenvalue weighted by Crippen LogP contribution is -2.54. The minimum Gasteiger partial charge on any atom is -0.490 e. The number of urea groups is 1. The third-order valence-electron chi connectivity index (χ3n) is 7.29. The summed E-state index contributed by atoms with van der Waals surface area (Å²) in [5, 5.41) is 8.04. The van der Waals surface area contributed by atoms with Gasteiger partial charge in [0.25, 0.3) is 5.91 Å². The van der Waals surface area contributed by atoms with Crippen LogP contribution in [0.1, 0.15) is 35.2 Å². The Balaban J connectivity index is 1.18. The summed E-state index contributed by atoms with van der Waals surface area (Å²) in [5.74, 6) is -0.550. The first-order valence-corrected chi connectivity index (χ1v) is 13.5. The fraction of sp³-hybridized carbons (Fsp3) is 0.333. The van der Waals surface area contributed by atoms with Crippen LogP contribution in [0, 0.1) is 5.82 Å². The second kappa shape index (κ2) is 12.8. The van der Waals surface area contributed by atoms with Gasteiger partial charge in [0.1, 0.15) is 24.3 Å². The third kappa shape index (κ3) is 6.98. The van der Waals surface area contributed by atoms with E-state index in [0.717, 1.165) is 12.0 Å². The molecule has 1 saturated heterocycles. The Morgan fingerprint density at radius 2 is 1.88 bits per heavy atom. The van der Waals surface area contributed by atoms with Crippen molar-refractivity contribution in [2.45, 2.75) is 43.9 Å². The molecule has 0 spiro atoms. The van der Waals surface area contributed by atoms with E-state index in [9.17, 15) is 18.8 Å². The Labute approximate surface area is 237 Å². The van der Waals surface area contributed by atoms with Crippen LogP contribution in [0.25, 0.3) is 0 Å². The van der Waals surface area contributed by atoms with Crippen LogP contribution in [-0.4, -0.2) is 66.2 Å². The summed E-state index contributed by atoms with van der Waals surface area (Å²) in [6.07, 6.45) is 5.02. The molecule has 10 nitrogen and oxygen atoms in total. The fourth-order valence-corrected chi connectivity index (χ4v) is 5.13. The zero-order chi connectivity index (χ0) is 28.8. The molecule has 2 aromatic carbocycles. The molecule has 3 atom stereocenters. The van der Waals surface area contributed by atoms with Gasteiger partial charge in [0, 0.05) is 31.7 Å². The van der Waals surface area contributed by atoms with E-state index in [4.69, 9.17) is 9.47 Å². The van der Waals surface area contributed by atoms with Gasteiger partial charge in [-0.25, -0.2) is 9.18 Å². The van der Waals surface area contributed by atoms with E-state index >= 15 is 0 Å². The monoisotopic (exact) mass is 561 g/mol. The van der Waals surface area contributed by atoms with Gasteiger partial charge in [0.05, 0.1) is 29.8 Å². The van der Waals surface area contributed by atoms with Crippen molar-refractivity contribution in [3.05, 3.63) is 83.9 Å². The number of hydrogen-bond donors (Lipinski definition) is 3. The molecular weight excluding hydrogens is 529 g/mol. The Hall–Kier alpha value is -4.51. The first kappa shape index (κ1) is 28.0. The molecule has 0 bridgehead atoms. The number of amides is 4. The molecule has 3 aromatic rings. The number of para-hydroxylation sites is 1. The molecular formula is C30H32FN5O5. The maximum atomic E-state index is 13.9. The van der Waals surface area contributed by atoms with Crippen LogP contribution in [0.5, 0.6) is 5.75 Å². The van der Waals surface area contributed by atoms with Crippen LogP contribution >= 0.6 is 0 Å². The standard InChI is InChI=1S/C30H32FN5O5/c1-36-25-8-7-21(17-28(37)33-15-12-19-10-13-32-14-11-19)41-27(25)18-40-26-9-6-20(16-22(26)29(36)38)34-30(39)35-24-5-3-2-4-23(24)31/h2-6,9-11,13-14,16,21,25,27H,7-8,12,15,17-18H2,1H3,(H,33,37)(H2,34,35,39)/t21-,25+,27+/m0/s1. The summed E-state index contributed by atoms with van der Waals surface area (Å²) >= 11 is 0. The molecule has 0 radical (unpaired) electrons. The average Bonchev–Trinajstić information content (AvgIpc) is 2.97. The van der Waals surface area contributed by atoms with Crippen molar-refractivity contribution in [2.24, 2.45) is 0 Å². The number of anilines is 2. The van der Waals surface area contributed by atoms with E-state index in [1.54, 1.807) is 42.5 Å². The van der Waals surface area contributed by atoms with Crippen molar-refractivity contribution in [3.63, 3.8) is 0 Å². The first-order chi connectivity index (χ1) is 19.9. The summed E-state index contributed by atoms with van der Waals surface area (Å²) in [6.45, 7) is 0.733. The van der Waals surface area contributed by atoms with E-state index in [0.29, 0.717) is 36.4 Å². The summed E-state index contributed by atoms with van der Waals surface area (Å²) in [7, 11) is 1.72. The van der Waals surface area contributed by atoms with E-state index in [1.165, 1.54) is 24.3 Å². The Morgan fingerprint density at radius 3 is 2.68 bits per heavy atom. The molecule has 2 aliphatic heterocycles. The second-order valence-corrected chi connectivity index (χ2v) is 10.1. The van der Waals surface area contributed by atoms with Crippen molar-refractivity contribution in [3.8, 4) is 5.75 Å². The van der Waals surface area contributed by atoms with Gasteiger partial charge >= 0.3 is 6.03 Å². The number of hydrogen-bond acceptors (Lipinski definition) is 6. The van der Waals surface area contributed by atoms with Gasteiger partial charge in [-0.05, 0) is 67.3 Å². The topological polar surface area (TPSA) is 122 Å². The number of benzene rings is 2. The summed E-state index contributed by atoms with van der Waals surface area (Å²) in [6, 6.07) is 13.6. The smallest absolute Gasteiger partial charge is 0.323 e. The Bertz CT molecular complexity index is 1410. The summed E-state index contributed by atoms with van der Waals surface area (Å²) in [5.41, 5.74) is 1.80. The molecule has 3 N–H and O–H groups in total. The highest BCUT2D eigenvalue weighted by atomic mass is 19.1. The van der Waals surface area contributed by atoms with Crippen LogP contribution in [0.15, 0.2) is 67.0 Å². The highest BCUT2D eigenvalue weighted by Gasteiger charge is 2.39. The predicted molar refractivity (Wildman–Crippen MR) is 150 cm³/mol. The third-order valence-corrected chi connectivity index (χ3v) is 7.29. The zero-order valence-corrected chi connectivity index (χ0v) is 22.6. The van der Waals surface area contributed by atoms with E-state index in [-0.39, 0.29) is 42.7 Å². The van der Waals surface area contributed by atoms with Gasteiger partial charge in [0.15, 0.2) is 0 Å². The van der Waals surface area contributed by atoms with Gasteiger partial charge in [0.2, 0.25) is 5.91 Å². The minimum absolute atomic E-state index is 0.0412. The largest absolute Gasteiger partial charge is 0.490 e. The van der Waals surface area contributed by atoms with Crippen LogP contribution < -0.4 is 20.7 Å². The van der Waals surface area contributed by atoms with E-state index in [1.807, 2.05) is 12.1 Å². The number of likely N-dealkylation sites (N-methyl/N-ethyl adjacent to an activating group) is 1. The van der Waals surface area contributed by atoms with E-state index < -0.39 is 18.0 Å². The number of halogens is 1. The molecule has 3 heterocycles. The Kier molecular flexibility index (Phi) is 8.73. The SMILES string of the molecule is CN1C(=O)c2cc(NC(=O)Nc3ccccc3F)ccc2OC[C@H]2O[C@H](CC(=O)NCCc3ccncc3)CC[C@H]21. The molecule has 0 aliphatic carbocycles. The number of rotatable bonds is 7. The molecule has 1 fully saturated rings. The highest BCUT2D eigenvalue weighted by Crippen LogP contribution is 2.32. The average molecular weight is 562 g/mol. The number of nitrogens with one attached hydrogen (secondary N) is 3. The number of pyridine rings is 1. The number of nitrogens with zero attached hydrogens (tertiary/aromatic N) is 2. The van der Waals surface area contributed by atoms with Gasteiger partial charge in [-0.15, -0.1) is 0 Å². The quantitative estimate of drug-likeness (QED) is 0.401. The lowest BCUT2D eigenvalue weighted by Gasteiger charge is -2.42. The van der Waals surface area contributed by atoms with Gasteiger partial charge in [-0.3, -0.25) is 14.6 Å². The van der Waals surface area contributed by atoms with Crippen molar-refractivity contribution in [2.75, 3.05) is 30.8 Å². The first-order valence-electron chi connectivity index (χ1n) is 13.5. The maximum absolute atomic E-state index is 13.9. The van der Waals surface area contributed by atoms with Crippen molar-refractivity contribution in [1.29, 1.82) is 0 Å². The fourth-order valence-electron chi connectivity index (χ4n) is 5.13. The van der Waals surface area contributed by atoms with Gasteiger partial charge in [-0.1, -0.05) is 12.1 Å². The molecule has 0 saturated carbocycles. The van der Waals surface area contributed by atoms with Crippen LogP contribution in [-0.2, 0) is 16.0 Å². The predicted octanol–water partition coefficient (Wildman–Crippen LogP) is 3.99. The lowest BCUT2D eigenvalue weighted by molar-refractivity contribution is -0.134. The van der Waals surface area contributed by atoms with E-state index in [2.05, 4.69) is 20.9 Å². The second-order valence-electron chi connectivity index (χ2n) is 10.1. The van der Waals surface area contributed by atoms with Crippen LogP contribution in [0.2, 0.25) is 0 Å². The molecule has 5 rings (SSSR count). The van der Waals surface area contributed by atoms with Gasteiger partial charge in [-0.2, -0.15) is 0 Å². The molecule has 214 valence electrons. The maximum Gasteiger partial charge on any atom is 0.323 e. The minimum atomic E-state index is -0.643. The molecule has 4 amide bonds. The number of carbonyl (C=O) groups excluding carboxylic acids is 3. The highest BCUT2D eigenvalue weighted by molar-refractivity contribution is 6.02. The number of fused-ring (bicyclic) bond motifs is 2. The number of carbonyl (C=O) groups is 3. The molecule has 0 unspecified atom stereocenters. The van der Waals surface area contributed by atoms with Crippen molar-refractivity contribution < 1.29 is 28.2 Å². The van der Waals surface area contributed by atoms with Crippen LogP contribution in [0.4, 0.5) is 20.6 Å². The number of ether oxygens (including phenoxy) is 2. The zero-order valence-electron chi connectivity index (χ0n) is 22.6.